The molecule has 0 rings (SSSR count). The molecule has 0 unspecified atom stereocenters. The van der Waals surface area contributed by atoms with Crippen LogP contribution in [0.15, 0.2) is 0 Å². The van der Waals surface area contributed by atoms with E-state index >= 15 is 0 Å². The number of unbranched alkanes of at least 4 members (excludes halogenated alkanes) is 2. The molecular weight excluding hydrogens is 214 g/mol. The Hall–Kier alpha value is -0.640. The Balaban J connectivity index is 3.82. The molecule has 0 aromatic heterocycles. The molecule has 0 amide bonds. The smallest absolute Gasteiger partial charge is 0.202 e. The van der Waals surface area contributed by atoms with Crippen LogP contribution in [0, 0.1) is 11.3 Å². The molecule has 6 heteroatoms. The van der Waals surface area contributed by atoms with E-state index in [2.05, 4.69) is 9.44 Å². The van der Waals surface area contributed by atoms with Crippen LogP contribution in [0.3, 0.4) is 0 Å². The molecule has 88 valence electrons. The van der Waals surface area contributed by atoms with Crippen molar-refractivity contribution < 1.29 is 8.42 Å². The lowest BCUT2D eigenvalue weighted by molar-refractivity contribution is 0.483. The highest BCUT2D eigenvalue weighted by Crippen LogP contribution is 2.00. The molecule has 0 heterocycles. The number of nitrogens with one attached hydrogen (secondary N) is 2. The van der Waals surface area contributed by atoms with Gasteiger partial charge in [0.05, 0.1) is 6.07 Å². The second-order valence-corrected chi connectivity index (χ2v) is 5.86. The number of rotatable bonds is 6. The van der Waals surface area contributed by atoms with Gasteiger partial charge in [0.25, 0.3) is 10.2 Å². The summed E-state index contributed by atoms with van der Waals surface area (Å²) in [7, 11) is -3.41. The molecule has 0 atom stereocenters. The normalized spacial score (nSPS) is 12.4. The molecule has 0 aliphatic rings. The molecule has 0 aliphatic heterocycles. The molecule has 0 fully saturated rings. The summed E-state index contributed by atoms with van der Waals surface area (Å²) in [4.78, 5) is 0. The summed E-state index contributed by atoms with van der Waals surface area (Å²) in [6.45, 7) is 5.71. The van der Waals surface area contributed by atoms with Gasteiger partial charge < -0.3 is 0 Å². The quantitative estimate of drug-likeness (QED) is 0.669. The van der Waals surface area contributed by atoms with Crippen molar-refractivity contribution in [2.75, 3.05) is 6.54 Å². The number of nitriles is 1. The summed E-state index contributed by atoms with van der Waals surface area (Å²) in [5.41, 5.74) is -0.474. The van der Waals surface area contributed by atoms with Crippen LogP contribution in [0.1, 0.15) is 40.0 Å². The Bertz CT molecular complexity index is 311. The first kappa shape index (κ1) is 14.4. The fraction of sp³-hybridized carbons (Fsp3) is 0.889. The zero-order valence-electron chi connectivity index (χ0n) is 9.50. The molecule has 0 saturated heterocycles. The van der Waals surface area contributed by atoms with Crippen molar-refractivity contribution in [1.29, 1.82) is 5.26 Å². The van der Waals surface area contributed by atoms with Crippen molar-refractivity contribution in [3.8, 4) is 6.07 Å². The lowest BCUT2D eigenvalue weighted by Crippen LogP contribution is -2.47. The molecule has 15 heavy (non-hydrogen) atoms. The topological polar surface area (TPSA) is 82.0 Å². The largest absolute Gasteiger partial charge is 0.277 e. The van der Waals surface area contributed by atoms with E-state index in [0.29, 0.717) is 25.8 Å². The molecule has 2 N–H and O–H groups in total. The maximum Gasteiger partial charge on any atom is 0.277 e. The Morgan fingerprint density at radius 1 is 1.27 bits per heavy atom. The first-order valence-electron chi connectivity index (χ1n) is 4.92. The summed E-state index contributed by atoms with van der Waals surface area (Å²) in [5.74, 6) is 0. The highest BCUT2D eigenvalue weighted by atomic mass is 32.2. The average Bonchev–Trinajstić information content (AvgIpc) is 1.99. The van der Waals surface area contributed by atoms with Crippen LogP contribution in [-0.4, -0.2) is 20.5 Å². The lowest BCUT2D eigenvalue weighted by atomic mass is 10.1. The summed E-state index contributed by atoms with van der Waals surface area (Å²) < 4.78 is 27.7. The van der Waals surface area contributed by atoms with Crippen LogP contribution in [0.5, 0.6) is 0 Å². The summed E-state index contributed by atoms with van der Waals surface area (Å²) in [6.07, 6.45) is 1.86. The summed E-state index contributed by atoms with van der Waals surface area (Å²) in [6, 6.07) is 2.01. The first-order valence-corrected chi connectivity index (χ1v) is 6.41. The van der Waals surface area contributed by atoms with Gasteiger partial charge >= 0.3 is 0 Å². The van der Waals surface area contributed by atoms with Crippen molar-refractivity contribution in [2.24, 2.45) is 0 Å². The average molecular weight is 233 g/mol. The minimum Gasteiger partial charge on any atom is -0.202 e. The molecule has 0 bridgehead atoms. The fourth-order valence-electron chi connectivity index (χ4n) is 0.975. The second-order valence-electron chi connectivity index (χ2n) is 4.37. The Labute approximate surface area is 92.0 Å². The molecule has 0 aromatic rings. The van der Waals surface area contributed by atoms with Gasteiger partial charge in [0.2, 0.25) is 0 Å². The van der Waals surface area contributed by atoms with Gasteiger partial charge in [0, 0.05) is 18.5 Å². The lowest BCUT2D eigenvalue weighted by Gasteiger charge is -2.20. The predicted molar refractivity (Wildman–Crippen MR) is 59.3 cm³/mol. The third-order valence-corrected chi connectivity index (χ3v) is 2.91. The van der Waals surface area contributed by atoms with Gasteiger partial charge in [-0.15, -0.1) is 0 Å². The van der Waals surface area contributed by atoms with Gasteiger partial charge in [-0.1, -0.05) is 0 Å². The zero-order chi connectivity index (χ0) is 11.9. The third kappa shape index (κ3) is 9.66. The first-order chi connectivity index (χ1) is 6.77. The zero-order valence-corrected chi connectivity index (χ0v) is 10.3. The van der Waals surface area contributed by atoms with Crippen molar-refractivity contribution in [2.45, 2.75) is 45.6 Å². The highest BCUT2D eigenvalue weighted by Gasteiger charge is 2.18. The highest BCUT2D eigenvalue weighted by molar-refractivity contribution is 7.87. The summed E-state index contributed by atoms with van der Waals surface area (Å²) in [5, 5.41) is 8.28. The molecule has 0 saturated carbocycles. The monoisotopic (exact) mass is 233 g/mol. The van der Waals surface area contributed by atoms with E-state index in [1.165, 1.54) is 0 Å². The van der Waals surface area contributed by atoms with Crippen molar-refractivity contribution >= 4 is 10.2 Å². The van der Waals surface area contributed by atoms with Crippen molar-refractivity contribution in [3.63, 3.8) is 0 Å². The van der Waals surface area contributed by atoms with Crippen molar-refractivity contribution in [3.05, 3.63) is 0 Å². The number of hydrogen-bond acceptors (Lipinski definition) is 3. The summed E-state index contributed by atoms with van der Waals surface area (Å²) >= 11 is 0. The Morgan fingerprint density at radius 3 is 2.33 bits per heavy atom. The van der Waals surface area contributed by atoms with Gasteiger partial charge in [0.15, 0.2) is 0 Å². The van der Waals surface area contributed by atoms with Crippen molar-refractivity contribution in [1.82, 2.24) is 9.44 Å². The van der Waals surface area contributed by atoms with E-state index < -0.39 is 15.7 Å². The number of nitrogens with zero attached hydrogens (tertiary/aromatic N) is 1. The molecule has 0 spiro atoms. The Kier molecular flexibility index (Phi) is 5.80. The van der Waals surface area contributed by atoms with E-state index in [9.17, 15) is 8.42 Å². The van der Waals surface area contributed by atoms with Crippen LogP contribution >= 0.6 is 0 Å². The van der Waals surface area contributed by atoms with Crippen LogP contribution in [0.25, 0.3) is 0 Å². The molecule has 0 aromatic carbocycles. The molecule has 0 aliphatic carbocycles. The minimum absolute atomic E-state index is 0.368. The van der Waals surface area contributed by atoms with E-state index in [1.807, 2.05) is 6.07 Å². The van der Waals surface area contributed by atoms with Crippen LogP contribution in [0.4, 0.5) is 0 Å². The van der Waals surface area contributed by atoms with E-state index in [1.54, 1.807) is 20.8 Å². The SMILES string of the molecule is CC(C)(C)NS(=O)(=O)NCCCCC#N. The molecule has 5 nitrogen and oxygen atoms in total. The maximum absolute atomic E-state index is 11.4. The van der Waals surface area contributed by atoms with Gasteiger partial charge in [0.1, 0.15) is 0 Å². The third-order valence-electron chi connectivity index (χ3n) is 1.45. The van der Waals surface area contributed by atoms with Gasteiger partial charge in [-0.2, -0.15) is 18.4 Å². The number of hydrogen-bond donors (Lipinski definition) is 2. The minimum atomic E-state index is -3.41. The second kappa shape index (κ2) is 6.05. The Morgan fingerprint density at radius 2 is 1.87 bits per heavy atom. The van der Waals surface area contributed by atoms with E-state index in [-0.39, 0.29) is 0 Å². The van der Waals surface area contributed by atoms with Crippen LogP contribution in [0.2, 0.25) is 0 Å². The fourth-order valence-corrected chi connectivity index (χ4v) is 2.27. The van der Waals surface area contributed by atoms with Gasteiger partial charge in [-0.05, 0) is 33.6 Å². The molecular formula is C9H19N3O2S. The molecule has 0 radical (unpaired) electrons. The van der Waals surface area contributed by atoms with Gasteiger partial charge in [-0.3, -0.25) is 0 Å². The van der Waals surface area contributed by atoms with E-state index in [0.717, 1.165) is 0 Å². The standard InChI is InChI=1S/C9H19N3O2S/c1-9(2,3)12-15(13,14)11-8-6-4-5-7-10/h11-12H,4-6,8H2,1-3H3. The predicted octanol–water partition coefficient (Wildman–Crippen LogP) is 0.903. The van der Waals surface area contributed by atoms with Gasteiger partial charge in [-0.25, -0.2) is 4.72 Å². The maximum atomic E-state index is 11.4. The van der Waals surface area contributed by atoms with Crippen LogP contribution in [-0.2, 0) is 10.2 Å². The van der Waals surface area contributed by atoms with Crippen LogP contribution < -0.4 is 9.44 Å². The van der Waals surface area contributed by atoms with E-state index in [4.69, 9.17) is 5.26 Å².